The predicted molar refractivity (Wildman–Crippen MR) is 128 cm³/mol. The molecule has 0 fully saturated rings. The molecule has 3 aromatic carbocycles. The van der Waals surface area contributed by atoms with E-state index in [1.807, 2.05) is 48.5 Å². The maximum absolute atomic E-state index is 12.4. The van der Waals surface area contributed by atoms with Crippen LogP contribution >= 0.6 is 11.3 Å². The number of hydrogen-bond acceptors (Lipinski definition) is 5. The lowest BCUT2D eigenvalue weighted by Gasteiger charge is -2.07. The SMILES string of the molecule is O=C(CCc1nc2ccccc2c(=O)[nH]1)Nc1ccc(Cc2nc3ccccc3s2)cc1. The number of fused-ring (bicyclic) bond motifs is 2. The molecule has 32 heavy (non-hydrogen) atoms. The van der Waals surface area contributed by atoms with E-state index in [9.17, 15) is 9.59 Å². The van der Waals surface area contributed by atoms with Crippen molar-refractivity contribution in [1.29, 1.82) is 0 Å². The molecule has 0 aliphatic carbocycles. The monoisotopic (exact) mass is 440 g/mol. The molecule has 2 aromatic heterocycles. The van der Waals surface area contributed by atoms with E-state index in [2.05, 4.69) is 26.3 Å². The van der Waals surface area contributed by atoms with Crippen LogP contribution in [0.4, 0.5) is 5.69 Å². The van der Waals surface area contributed by atoms with Crippen LogP contribution in [0.25, 0.3) is 21.1 Å². The van der Waals surface area contributed by atoms with Crippen LogP contribution in [0.5, 0.6) is 0 Å². The molecular formula is C25H20N4O2S. The van der Waals surface area contributed by atoms with Gasteiger partial charge in [0.1, 0.15) is 5.82 Å². The molecule has 7 heteroatoms. The quantitative estimate of drug-likeness (QED) is 0.401. The Labute approximate surface area is 188 Å². The highest BCUT2D eigenvalue weighted by molar-refractivity contribution is 7.18. The number of carbonyl (C=O) groups excluding carboxylic acids is 1. The van der Waals surface area contributed by atoms with Crippen molar-refractivity contribution in [3.8, 4) is 0 Å². The average molecular weight is 441 g/mol. The molecule has 0 unspecified atom stereocenters. The molecule has 0 aliphatic heterocycles. The highest BCUT2D eigenvalue weighted by Gasteiger charge is 2.08. The average Bonchev–Trinajstić information content (AvgIpc) is 3.21. The molecule has 0 spiro atoms. The van der Waals surface area contributed by atoms with Crippen molar-refractivity contribution >= 4 is 44.1 Å². The first-order valence-electron chi connectivity index (χ1n) is 10.4. The first-order chi connectivity index (χ1) is 15.6. The lowest BCUT2D eigenvalue weighted by molar-refractivity contribution is -0.116. The summed E-state index contributed by atoms with van der Waals surface area (Å²) >= 11 is 1.70. The number of thiazole rings is 1. The Morgan fingerprint density at radius 2 is 1.66 bits per heavy atom. The van der Waals surface area contributed by atoms with Crippen LogP contribution in [0.3, 0.4) is 0 Å². The van der Waals surface area contributed by atoms with Gasteiger partial charge in [0.05, 0.1) is 26.1 Å². The summed E-state index contributed by atoms with van der Waals surface area (Å²) in [6, 6.07) is 23.1. The van der Waals surface area contributed by atoms with E-state index >= 15 is 0 Å². The summed E-state index contributed by atoms with van der Waals surface area (Å²) in [4.78, 5) is 36.4. The summed E-state index contributed by atoms with van der Waals surface area (Å²) < 4.78 is 1.19. The van der Waals surface area contributed by atoms with Gasteiger partial charge < -0.3 is 10.3 Å². The summed E-state index contributed by atoms with van der Waals surface area (Å²) in [6.45, 7) is 0. The summed E-state index contributed by atoms with van der Waals surface area (Å²) in [5, 5.41) is 4.52. The number of nitrogens with zero attached hydrogens (tertiary/aromatic N) is 2. The molecule has 0 bridgehead atoms. The van der Waals surface area contributed by atoms with Crippen LogP contribution < -0.4 is 10.9 Å². The summed E-state index contributed by atoms with van der Waals surface area (Å²) in [5.74, 6) is 0.384. The number of carbonyl (C=O) groups is 1. The Kier molecular flexibility index (Phi) is 5.47. The molecular weight excluding hydrogens is 420 g/mol. The van der Waals surface area contributed by atoms with E-state index in [-0.39, 0.29) is 17.9 Å². The van der Waals surface area contributed by atoms with E-state index in [1.165, 1.54) is 4.70 Å². The number of aromatic nitrogens is 3. The molecule has 0 saturated carbocycles. The third kappa shape index (κ3) is 4.43. The molecule has 0 aliphatic rings. The third-order valence-corrected chi connectivity index (χ3v) is 6.22. The van der Waals surface area contributed by atoms with Crippen molar-refractivity contribution in [2.45, 2.75) is 19.3 Å². The maximum atomic E-state index is 12.4. The lowest BCUT2D eigenvalue weighted by Crippen LogP contribution is -2.16. The topological polar surface area (TPSA) is 87.7 Å². The lowest BCUT2D eigenvalue weighted by atomic mass is 10.1. The van der Waals surface area contributed by atoms with E-state index in [0.717, 1.165) is 28.2 Å². The zero-order valence-electron chi connectivity index (χ0n) is 17.2. The number of aryl methyl sites for hydroxylation is 1. The minimum absolute atomic E-state index is 0.125. The van der Waals surface area contributed by atoms with Gasteiger partial charge in [0.2, 0.25) is 5.91 Å². The van der Waals surface area contributed by atoms with E-state index in [0.29, 0.717) is 23.1 Å². The molecule has 6 nitrogen and oxygen atoms in total. The minimum Gasteiger partial charge on any atom is -0.326 e. The van der Waals surface area contributed by atoms with Gasteiger partial charge in [-0.25, -0.2) is 9.97 Å². The van der Waals surface area contributed by atoms with Gasteiger partial charge in [-0.15, -0.1) is 11.3 Å². The molecule has 0 atom stereocenters. The second-order valence-corrected chi connectivity index (χ2v) is 8.64. The largest absolute Gasteiger partial charge is 0.326 e. The van der Waals surface area contributed by atoms with Crippen molar-refractivity contribution in [2.24, 2.45) is 0 Å². The zero-order chi connectivity index (χ0) is 21.9. The molecule has 1 amide bonds. The van der Waals surface area contributed by atoms with Gasteiger partial charge in [-0.05, 0) is 42.0 Å². The van der Waals surface area contributed by atoms with Gasteiger partial charge in [-0.3, -0.25) is 9.59 Å². The Morgan fingerprint density at radius 3 is 2.47 bits per heavy atom. The number of aromatic amines is 1. The fourth-order valence-electron chi connectivity index (χ4n) is 3.58. The number of hydrogen-bond donors (Lipinski definition) is 2. The van der Waals surface area contributed by atoms with Crippen molar-refractivity contribution < 1.29 is 4.79 Å². The molecule has 158 valence electrons. The number of H-pyrrole nitrogens is 1. The van der Waals surface area contributed by atoms with Crippen molar-refractivity contribution in [1.82, 2.24) is 15.0 Å². The first kappa shape index (κ1) is 20.1. The van der Waals surface area contributed by atoms with Gasteiger partial charge in [0.15, 0.2) is 0 Å². The first-order valence-corrected chi connectivity index (χ1v) is 11.2. The highest BCUT2D eigenvalue weighted by atomic mass is 32.1. The maximum Gasteiger partial charge on any atom is 0.258 e. The van der Waals surface area contributed by atoms with Gasteiger partial charge >= 0.3 is 0 Å². The smallest absolute Gasteiger partial charge is 0.258 e. The van der Waals surface area contributed by atoms with Crippen molar-refractivity contribution in [3.05, 3.63) is 99.5 Å². The highest BCUT2D eigenvalue weighted by Crippen LogP contribution is 2.24. The second-order valence-electron chi connectivity index (χ2n) is 7.53. The molecule has 0 radical (unpaired) electrons. The fraction of sp³-hybridized carbons (Fsp3) is 0.120. The Balaban J connectivity index is 1.19. The summed E-state index contributed by atoms with van der Waals surface area (Å²) in [5.41, 5.74) is 3.35. The van der Waals surface area contributed by atoms with E-state index in [1.54, 1.807) is 29.5 Å². The normalized spacial score (nSPS) is 11.1. The summed E-state index contributed by atoms with van der Waals surface area (Å²) in [6.07, 6.45) is 1.35. The van der Waals surface area contributed by atoms with Gasteiger partial charge in [0, 0.05) is 24.9 Å². The molecule has 5 rings (SSSR count). The molecule has 2 heterocycles. The number of nitrogens with one attached hydrogen (secondary N) is 2. The zero-order valence-corrected chi connectivity index (χ0v) is 18.0. The van der Waals surface area contributed by atoms with Gasteiger partial charge in [0.25, 0.3) is 5.56 Å². The minimum atomic E-state index is -0.185. The van der Waals surface area contributed by atoms with Crippen LogP contribution in [-0.4, -0.2) is 20.9 Å². The van der Waals surface area contributed by atoms with Gasteiger partial charge in [-0.1, -0.05) is 36.4 Å². The van der Waals surface area contributed by atoms with E-state index < -0.39 is 0 Å². The Morgan fingerprint density at radius 1 is 0.906 bits per heavy atom. The number of benzene rings is 3. The van der Waals surface area contributed by atoms with Crippen molar-refractivity contribution in [3.63, 3.8) is 0 Å². The Bertz CT molecular complexity index is 1440. The third-order valence-electron chi connectivity index (χ3n) is 5.18. The van der Waals surface area contributed by atoms with Crippen LogP contribution in [0, 0.1) is 0 Å². The van der Waals surface area contributed by atoms with Crippen LogP contribution in [-0.2, 0) is 17.6 Å². The second kappa shape index (κ2) is 8.72. The fourth-order valence-corrected chi connectivity index (χ4v) is 4.59. The number of anilines is 1. The molecule has 2 N–H and O–H groups in total. The van der Waals surface area contributed by atoms with Gasteiger partial charge in [-0.2, -0.15) is 0 Å². The molecule has 5 aromatic rings. The molecule has 0 saturated heterocycles. The number of para-hydroxylation sites is 2. The Hall–Kier alpha value is -3.84. The number of amides is 1. The standard InChI is InChI=1S/C25H20N4O2S/c30-23(14-13-22-27-19-6-2-1-5-18(19)25(31)29-22)26-17-11-9-16(10-12-17)15-24-28-20-7-3-4-8-21(20)32-24/h1-12H,13-15H2,(H,26,30)(H,27,29,31). The van der Waals surface area contributed by atoms with Crippen molar-refractivity contribution in [2.75, 3.05) is 5.32 Å². The number of rotatable bonds is 6. The summed E-state index contributed by atoms with van der Waals surface area (Å²) in [7, 11) is 0. The van der Waals surface area contributed by atoms with E-state index in [4.69, 9.17) is 0 Å². The van der Waals surface area contributed by atoms with Crippen LogP contribution in [0.1, 0.15) is 22.8 Å². The van der Waals surface area contributed by atoms with Crippen LogP contribution in [0.2, 0.25) is 0 Å². The van der Waals surface area contributed by atoms with Crippen LogP contribution in [0.15, 0.2) is 77.6 Å². The predicted octanol–water partition coefficient (Wildman–Crippen LogP) is 4.69.